The number of hydrogen-bond donors (Lipinski definition) is 0. The maximum absolute atomic E-state index is 12.4. The summed E-state index contributed by atoms with van der Waals surface area (Å²) in [7, 11) is 0. The van der Waals surface area contributed by atoms with Crippen LogP contribution in [0.25, 0.3) is 0 Å². The monoisotopic (exact) mass is 390 g/mol. The number of ether oxygens (including phenoxy) is 2. The number of carbonyl (C=O) groups excluding carboxylic acids is 2. The van der Waals surface area contributed by atoms with E-state index >= 15 is 0 Å². The maximum atomic E-state index is 12.4. The molecule has 0 N–H and O–H groups in total. The van der Waals surface area contributed by atoms with Gasteiger partial charge in [0, 0.05) is 0 Å². The van der Waals surface area contributed by atoms with Gasteiger partial charge in [0.05, 0.1) is 12.8 Å². The molecule has 4 nitrogen and oxygen atoms in total. The molecule has 4 aliphatic rings. The molecule has 4 saturated carbocycles. The lowest BCUT2D eigenvalue weighted by Crippen LogP contribution is -2.38. The summed E-state index contributed by atoms with van der Waals surface area (Å²) in [6.45, 7) is 0. The minimum atomic E-state index is -0.202. The Bertz CT molecular complexity index is 493. The van der Waals surface area contributed by atoms with E-state index in [2.05, 4.69) is 0 Å². The number of carbonyl (C=O) groups is 2. The van der Waals surface area contributed by atoms with Gasteiger partial charge < -0.3 is 9.47 Å². The second-order valence-corrected chi connectivity index (χ2v) is 9.84. The molecule has 4 rings (SSSR count). The molecule has 0 heterocycles. The average molecular weight is 391 g/mol. The van der Waals surface area contributed by atoms with Crippen LogP contribution in [0.3, 0.4) is 0 Å². The fraction of sp³-hybridized carbons (Fsp3) is 0.917. The van der Waals surface area contributed by atoms with E-state index in [1.54, 1.807) is 0 Å². The van der Waals surface area contributed by atoms with Crippen LogP contribution in [0.15, 0.2) is 0 Å². The van der Waals surface area contributed by atoms with E-state index in [0.717, 1.165) is 24.7 Å². The lowest BCUT2D eigenvalue weighted by Gasteiger charge is -2.41. The maximum Gasteiger partial charge on any atom is 0.306 e. The third-order valence-corrected chi connectivity index (χ3v) is 8.12. The van der Waals surface area contributed by atoms with Crippen molar-refractivity contribution in [1.29, 1.82) is 0 Å². The van der Waals surface area contributed by atoms with Crippen LogP contribution in [0.4, 0.5) is 0 Å². The van der Waals surface area contributed by atoms with Crippen LogP contribution in [-0.4, -0.2) is 24.1 Å². The van der Waals surface area contributed by atoms with Crippen LogP contribution in [0.1, 0.15) is 103 Å². The van der Waals surface area contributed by atoms with Gasteiger partial charge in [0.2, 0.25) is 0 Å². The normalized spacial score (nSPS) is 38.0. The van der Waals surface area contributed by atoms with Crippen molar-refractivity contribution >= 4 is 11.9 Å². The van der Waals surface area contributed by atoms with Crippen molar-refractivity contribution in [2.24, 2.45) is 23.7 Å². The van der Waals surface area contributed by atoms with Crippen molar-refractivity contribution in [3.8, 4) is 0 Å². The van der Waals surface area contributed by atoms with E-state index in [1.165, 1.54) is 77.0 Å². The minimum absolute atomic E-state index is 0.0870. The molecule has 4 aliphatic carbocycles. The van der Waals surface area contributed by atoms with Gasteiger partial charge in [-0.3, -0.25) is 9.59 Å². The van der Waals surface area contributed by atoms with E-state index in [-0.39, 0.29) is 37.0 Å². The summed E-state index contributed by atoms with van der Waals surface area (Å²) in [6.07, 6.45) is 17.7. The zero-order chi connectivity index (χ0) is 19.3. The van der Waals surface area contributed by atoms with Gasteiger partial charge in [-0.2, -0.15) is 0 Å². The van der Waals surface area contributed by atoms with Crippen LogP contribution in [0, 0.1) is 23.7 Å². The van der Waals surface area contributed by atoms with Crippen LogP contribution in [-0.2, 0) is 19.1 Å². The number of esters is 2. The first kappa shape index (κ1) is 20.2. The Morgan fingerprint density at radius 1 is 0.536 bits per heavy atom. The van der Waals surface area contributed by atoms with Crippen molar-refractivity contribution in [2.45, 2.75) is 115 Å². The van der Waals surface area contributed by atoms with Crippen LogP contribution in [0.5, 0.6) is 0 Å². The molecule has 0 amide bonds. The molecule has 0 aromatic carbocycles. The van der Waals surface area contributed by atoms with Gasteiger partial charge in [-0.05, 0) is 75.0 Å². The molecular formula is C24H38O4. The van der Waals surface area contributed by atoms with E-state index in [1.807, 2.05) is 0 Å². The molecule has 0 aliphatic heterocycles. The summed E-state index contributed by atoms with van der Waals surface area (Å²) in [5.41, 5.74) is 0. The van der Waals surface area contributed by atoms with E-state index in [0.29, 0.717) is 11.8 Å². The lowest BCUT2D eigenvalue weighted by atomic mass is 9.69. The molecule has 158 valence electrons. The largest absolute Gasteiger partial charge is 0.462 e. The quantitative estimate of drug-likeness (QED) is 0.576. The number of rotatable bonds is 5. The zero-order valence-corrected chi connectivity index (χ0v) is 17.4. The molecule has 4 fully saturated rings. The standard InChI is InChI=1S/C24H38O4/c25-23(27-21-13-5-9-17-7-1-3-11-19(17)21)15-16-24(26)28-22-14-6-10-18-8-2-4-12-20(18)22/h17-22H,1-16H2. The van der Waals surface area contributed by atoms with Gasteiger partial charge in [0.15, 0.2) is 0 Å². The molecule has 6 atom stereocenters. The summed E-state index contributed by atoms with van der Waals surface area (Å²) in [5, 5.41) is 0. The first-order chi connectivity index (χ1) is 13.7. The Morgan fingerprint density at radius 2 is 0.929 bits per heavy atom. The Hall–Kier alpha value is -1.06. The molecule has 0 saturated heterocycles. The van der Waals surface area contributed by atoms with Gasteiger partial charge in [0.25, 0.3) is 0 Å². The Morgan fingerprint density at radius 3 is 1.39 bits per heavy atom. The number of hydrogen-bond acceptors (Lipinski definition) is 4. The molecule has 0 spiro atoms. The van der Waals surface area contributed by atoms with Gasteiger partial charge in [-0.25, -0.2) is 0 Å². The van der Waals surface area contributed by atoms with Crippen LogP contribution >= 0.6 is 0 Å². The molecule has 0 aromatic rings. The highest BCUT2D eigenvalue weighted by Crippen LogP contribution is 2.43. The lowest BCUT2D eigenvalue weighted by molar-refractivity contribution is -0.163. The van der Waals surface area contributed by atoms with Crippen LogP contribution in [0.2, 0.25) is 0 Å². The fourth-order valence-electron chi connectivity index (χ4n) is 6.71. The summed E-state index contributed by atoms with van der Waals surface area (Å²) in [6, 6.07) is 0. The highest BCUT2D eigenvalue weighted by atomic mass is 16.6. The molecule has 0 radical (unpaired) electrons. The molecule has 6 unspecified atom stereocenters. The summed E-state index contributed by atoms with van der Waals surface area (Å²) in [5.74, 6) is 2.22. The van der Waals surface area contributed by atoms with Crippen molar-refractivity contribution < 1.29 is 19.1 Å². The minimum Gasteiger partial charge on any atom is -0.462 e. The average Bonchev–Trinajstić information content (AvgIpc) is 2.73. The van der Waals surface area contributed by atoms with Crippen molar-refractivity contribution in [3.63, 3.8) is 0 Å². The molecule has 0 aromatic heterocycles. The van der Waals surface area contributed by atoms with Crippen molar-refractivity contribution in [3.05, 3.63) is 0 Å². The second kappa shape index (κ2) is 9.63. The highest BCUT2D eigenvalue weighted by Gasteiger charge is 2.38. The van der Waals surface area contributed by atoms with Gasteiger partial charge in [-0.15, -0.1) is 0 Å². The van der Waals surface area contributed by atoms with Crippen molar-refractivity contribution in [1.82, 2.24) is 0 Å². The molecule has 28 heavy (non-hydrogen) atoms. The topological polar surface area (TPSA) is 52.6 Å². The Labute approximate surface area is 170 Å². The number of fused-ring (bicyclic) bond motifs is 2. The Balaban J connectivity index is 1.20. The third kappa shape index (κ3) is 4.91. The smallest absolute Gasteiger partial charge is 0.306 e. The summed E-state index contributed by atoms with van der Waals surface area (Å²) >= 11 is 0. The third-order valence-electron chi connectivity index (χ3n) is 8.12. The van der Waals surface area contributed by atoms with E-state index in [9.17, 15) is 9.59 Å². The zero-order valence-electron chi connectivity index (χ0n) is 17.4. The predicted octanol–water partition coefficient (Wildman–Crippen LogP) is 5.57. The first-order valence-electron chi connectivity index (χ1n) is 12.1. The second-order valence-electron chi connectivity index (χ2n) is 9.84. The van der Waals surface area contributed by atoms with Gasteiger partial charge in [0.1, 0.15) is 12.2 Å². The van der Waals surface area contributed by atoms with Crippen molar-refractivity contribution in [2.75, 3.05) is 0 Å². The van der Waals surface area contributed by atoms with Crippen LogP contribution < -0.4 is 0 Å². The highest BCUT2D eigenvalue weighted by molar-refractivity contribution is 5.77. The van der Waals surface area contributed by atoms with E-state index < -0.39 is 0 Å². The predicted molar refractivity (Wildman–Crippen MR) is 108 cm³/mol. The molecule has 4 heteroatoms. The first-order valence-corrected chi connectivity index (χ1v) is 12.1. The SMILES string of the molecule is O=C(CCC(=O)OC1CCCC2CCCCC21)OC1CCCC2CCCCC21. The Kier molecular flexibility index (Phi) is 6.95. The fourth-order valence-corrected chi connectivity index (χ4v) is 6.71. The molecule has 0 bridgehead atoms. The van der Waals surface area contributed by atoms with Gasteiger partial charge in [-0.1, -0.05) is 38.5 Å². The van der Waals surface area contributed by atoms with E-state index in [4.69, 9.17) is 9.47 Å². The van der Waals surface area contributed by atoms with Gasteiger partial charge >= 0.3 is 11.9 Å². The summed E-state index contributed by atoms with van der Waals surface area (Å²) < 4.78 is 11.7. The molecular weight excluding hydrogens is 352 g/mol. The summed E-state index contributed by atoms with van der Waals surface area (Å²) in [4.78, 5) is 24.8.